The van der Waals surface area contributed by atoms with Gasteiger partial charge in [0.15, 0.2) is 6.39 Å². The summed E-state index contributed by atoms with van der Waals surface area (Å²) in [7, 11) is 0. The van der Waals surface area contributed by atoms with Crippen molar-refractivity contribution in [3.8, 4) is 0 Å². The Kier molecular flexibility index (Phi) is 2.29. The van der Waals surface area contributed by atoms with Crippen LogP contribution in [0.15, 0.2) is 40.1 Å². The van der Waals surface area contributed by atoms with Gasteiger partial charge in [0, 0.05) is 0 Å². The monoisotopic (exact) mass is 250 g/mol. The molecule has 0 fully saturated rings. The first-order chi connectivity index (χ1) is 8.24. The van der Waals surface area contributed by atoms with E-state index in [4.69, 9.17) is 4.42 Å². The van der Waals surface area contributed by atoms with Gasteiger partial charge >= 0.3 is 0 Å². The number of benzene rings is 1. The molecule has 3 aromatic rings. The summed E-state index contributed by atoms with van der Waals surface area (Å²) in [5.74, 6) is -0.402. The minimum atomic E-state index is -0.402. The average molecular weight is 250 g/mol. The van der Waals surface area contributed by atoms with Gasteiger partial charge in [-0.1, -0.05) is 11.5 Å². The first-order valence-corrected chi connectivity index (χ1v) is 5.68. The SMILES string of the molecule is O=c1c2cc(F)ccc2sn1Cc1cocn1. The molecule has 6 heteroatoms. The van der Waals surface area contributed by atoms with E-state index in [2.05, 4.69) is 4.98 Å². The molecule has 0 N–H and O–H groups in total. The Bertz CT molecular complexity index is 715. The summed E-state index contributed by atoms with van der Waals surface area (Å²) < 4.78 is 20.2. The third-order valence-corrected chi connectivity index (χ3v) is 3.46. The molecule has 17 heavy (non-hydrogen) atoms. The van der Waals surface area contributed by atoms with Crippen LogP contribution < -0.4 is 5.56 Å². The lowest BCUT2D eigenvalue weighted by atomic mass is 10.3. The molecule has 0 spiro atoms. The van der Waals surface area contributed by atoms with Gasteiger partial charge in [-0.2, -0.15) is 0 Å². The third kappa shape index (κ3) is 1.76. The van der Waals surface area contributed by atoms with E-state index in [1.165, 1.54) is 40.3 Å². The number of aromatic nitrogens is 2. The van der Waals surface area contributed by atoms with Gasteiger partial charge in [0.25, 0.3) is 5.56 Å². The largest absolute Gasteiger partial charge is 0.451 e. The lowest BCUT2D eigenvalue weighted by Crippen LogP contribution is -2.13. The maximum absolute atomic E-state index is 13.0. The van der Waals surface area contributed by atoms with Crippen molar-refractivity contribution in [3.63, 3.8) is 0 Å². The van der Waals surface area contributed by atoms with Crippen molar-refractivity contribution in [1.29, 1.82) is 0 Å². The van der Waals surface area contributed by atoms with E-state index in [9.17, 15) is 9.18 Å². The van der Waals surface area contributed by atoms with Crippen LogP contribution in [0.1, 0.15) is 5.69 Å². The molecule has 86 valence electrons. The zero-order chi connectivity index (χ0) is 11.8. The molecule has 0 aliphatic rings. The molecular weight excluding hydrogens is 243 g/mol. The van der Waals surface area contributed by atoms with Crippen molar-refractivity contribution in [2.24, 2.45) is 0 Å². The highest BCUT2D eigenvalue weighted by molar-refractivity contribution is 7.13. The molecule has 0 aliphatic carbocycles. The second-order valence-corrected chi connectivity index (χ2v) is 4.62. The number of oxazole rings is 1. The van der Waals surface area contributed by atoms with E-state index in [0.717, 1.165) is 4.70 Å². The van der Waals surface area contributed by atoms with Crippen molar-refractivity contribution in [2.45, 2.75) is 6.54 Å². The second-order valence-electron chi connectivity index (χ2n) is 3.55. The second kappa shape index (κ2) is 3.81. The topological polar surface area (TPSA) is 48.0 Å². The first-order valence-electron chi connectivity index (χ1n) is 4.90. The maximum Gasteiger partial charge on any atom is 0.268 e. The predicted molar refractivity (Wildman–Crippen MR) is 61.6 cm³/mol. The van der Waals surface area contributed by atoms with Gasteiger partial charge in [-0.3, -0.25) is 8.75 Å². The van der Waals surface area contributed by atoms with Gasteiger partial charge in [-0.25, -0.2) is 9.37 Å². The summed E-state index contributed by atoms with van der Waals surface area (Å²) in [5.41, 5.74) is 0.464. The molecule has 0 unspecified atom stereocenters. The van der Waals surface area contributed by atoms with Crippen molar-refractivity contribution in [2.75, 3.05) is 0 Å². The fourth-order valence-corrected chi connectivity index (χ4v) is 2.60. The summed E-state index contributed by atoms with van der Waals surface area (Å²) in [5, 5.41) is 0.401. The van der Waals surface area contributed by atoms with Crippen LogP contribution in [0.5, 0.6) is 0 Å². The Labute approximate surface area is 99.1 Å². The Morgan fingerprint density at radius 1 is 1.47 bits per heavy atom. The smallest absolute Gasteiger partial charge is 0.268 e. The van der Waals surface area contributed by atoms with E-state index in [1.54, 1.807) is 6.07 Å². The number of rotatable bonds is 2. The number of hydrogen-bond acceptors (Lipinski definition) is 4. The van der Waals surface area contributed by atoms with Gasteiger partial charge in [-0.05, 0) is 18.2 Å². The van der Waals surface area contributed by atoms with Crippen LogP contribution >= 0.6 is 11.5 Å². The molecule has 1 aromatic carbocycles. The number of nitrogens with zero attached hydrogens (tertiary/aromatic N) is 2. The fraction of sp³-hybridized carbons (Fsp3) is 0.0909. The summed E-state index contributed by atoms with van der Waals surface area (Å²) in [6.07, 6.45) is 2.80. The van der Waals surface area contributed by atoms with Gasteiger partial charge in [0.05, 0.1) is 22.3 Å². The van der Waals surface area contributed by atoms with Gasteiger partial charge < -0.3 is 4.42 Å². The highest BCUT2D eigenvalue weighted by Crippen LogP contribution is 2.18. The summed E-state index contributed by atoms with van der Waals surface area (Å²) in [4.78, 5) is 15.9. The van der Waals surface area contributed by atoms with Crippen LogP contribution in [0.3, 0.4) is 0 Å². The molecule has 2 heterocycles. The van der Waals surface area contributed by atoms with Gasteiger partial charge in [-0.15, -0.1) is 0 Å². The third-order valence-electron chi connectivity index (χ3n) is 2.40. The average Bonchev–Trinajstić information content (AvgIpc) is 2.91. The van der Waals surface area contributed by atoms with Crippen LogP contribution in [-0.4, -0.2) is 8.94 Å². The molecular formula is C11H7FN2O2S. The quantitative estimate of drug-likeness (QED) is 0.700. The molecule has 4 nitrogen and oxygen atoms in total. The molecule has 3 rings (SSSR count). The molecule has 0 bridgehead atoms. The van der Waals surface area contributed by atoms with Crippen LogP contribution in [0.2, 0.25) is 0 Å². The zero-order valence-electron chi connectivity index (χ0n) is 8.59. The first kappa shape index (κ1) is 10.2. The Morgan fingerprint density at radius 3 is 3.12 bits per heavy atom. The fourth-order valence-electron chi connectivity index (χ4n) is 1.61. The Morgan fingerprint density at radius 2 is 2.35 bits per heavy atom. The van der Waals surface area contributed by atoms with Crippen LogP contribution in [0, 0.1) is 5.82 Å². The molecule has 0 radical (unpaired) electrons. The predicted octanol–water partition coefficient (Wildman–Crippen LogP) is 2.24. The lowest BCUT2D eigenvalue weighted by Gasteiger charge is -1.93. The minimum absolute atomic E-state index is 0.201. The van der Waals surface area contributed by atoms with Gasteiger partial charge in [0.1, 0.15) is 12.1 Å². The Hall–Kier alpha value is -1.95. The summed E-state index contributed by atoms with van der Waals surface area (Å²) >= 11 is 1.29. The summed E-state index contributed by atoms with van der Waals surface area (Å²) in [6.45, 7) is 0.344. The van der Waals surface area contributed by atoms with E-state index in [-0.39, 0.29) is 5.56 Å². The molecule has 0 saturated carbocycles. The van der Waals surface area contributed by atoms with E-state index < -0.39 is 5.82 Å². The van der Waals surface area contributed by atoms with Crippen molar-refractivity contribution in [1.82, 2.24) is 8.94 Å². The van der Waals surface area contributed by atoms with E-state index >= 15 is 0 Å². The normalized spacial score (nSPS) is 11.1. The van der Waals surface area contributed by atoms with Crippen LogP contribution in [-0.2, 0) is 6.54 Å². The molecule has 0 saturated heterocycles. The van der Waals surface area contributed by atoms with Crippen LogP contribution in [0.25, 0.3) is 10.1 Å². The number of fused-ring (bicyclic) bond motifs is 1. The van der Waals surface area contributed by atoms with Crippen molar-refractivity contribution in [3.05, 3.63) is 52.7 Å². The summed E-state index contributed by atoms with van der Waals surface area (Å²) in [6, 6.07) is 4.21. The highest BCUT2D eigenvalue weighted by atomic mass is 32.1. The van der Waals surface area contributed by atoms with E-state index in [1.807, 2.05) is 0 Å². The Balaban J connectivity index is 2.12. The standard InChI is InChI=1S/C11H7FN2O2S/c12-7-1-2-10-9(3-7)11(15)14(17-10)4-8-5-16-6-13-8/h1-3,5-6H,4H2. The van der Waals surface area contributed by atoms with Crippen LogP contribution in [0.4, 0.5) is 4.39 Å². The molecule has 0 atom stereocenters. The lowest BCUT2D eigenvalue weighted by molar-refractivity contribution is 0.555. The minimum Gasteiger partial charge on any atom is -0.451 e. The maximum atomic E-state index is 13.0. The van der Waals surface area contributed by atoms with Crippen molar-refractivity contribution >= 4 is 21.6 Å². The zero-order valence-corrected chi connectivity index (χ0v) is 9.41. The molecule has 0 aliphatic heterocycles. The number of halogens is 1. The molecule has 0 amide bonds. The van der Waals surface area contributed by atoms with Crippen molar-refractivity contribution < 1.29 is 8.81 Å². The van der Waals surface area contributed by atoms with Gasteiger partial charge in [0.2, 0.25) is 0 Å². The van der Waals surface area contributed by atoms with E-state index in [0.29, 0.717) is 17.6 Å². The highest BCUT2D eigenvalue weighted by Gasteiger charge is 2.09. The number of hydrogen-bond donors (Lipinski definition) is 0. The molecule has 2 aromatic heterocycles.